The molecule has 0 radical (unpaired) electrons. The predicted molar refractivity (Wildman–Crippen MR) is 43.5 cm³/mol. The minimum absolute atomic E-state index is 0. The van der Waals surface area contributed by atoms with Crippen molar-refractivity contribution in [3.8, 4) is 5.75 Å². The number of phosphoric acid groups is 1. The van der Waals surface area contributed by atoms with Gasteiger partial charge in [-0.05, 0) is 12.1 Å². The number of aromatic hydroxyl groups is 1. The average molecular weight is 232 g/mol. The number of benzene rings is 1. The molecule has 1 rings (SSSR count). The molecule has 0 unspecified atom stereocenters. The van der Waals surface area contributed by atoms with E-state index < -0.39 is 7.82 Å². The molecule has 0 saturated carbocycles. The van der Waals surface area contributed by atoms with E-state index in [-0.39, 0.29) is 52.8 Å². The summed E-state index contributed by atoms with van der Waals surface area (Å²) in [7, 11) is -4.64. The van der Waals surface area contributed by atoms with Gasteiger partial charge in [0.05, 0.1) is 0 Å². The molecule has 0 aliphatic heterocycles. The van der Waals surface area contributed by atoms with E-state index in [1.165, 1.54) is 0 Å². The van der Waals surface area contributed by atoms with E-state index in [1.54, 1.807) is 24.3 Å². The van der Waals surface area contributed by atoms with Crippen LogP contribution in [0, 0.1) is 0 Å². The molecular weight excluding hydrogens is 222 g/mol. The molecule has 7 heteroatoms. The Kier molecular flexibility index (Phi) is 10.1. The Balaban J connectivity index is -0.000000159. The Labute approximate surface area is 120 Å². The maximum Gasteiger partial charge on any atom is 1.00 e. The van der Waals surface area contributed by atoms with Crippen LogP contribution >= 0.6 is 7.82 Å². The summed E-state index contributed by atoms with van der Waals surface area (Å²) >= 11 is 0. The minimum Gasteiger partial charge on any atom is -1.00 e. The van der Waals surface area contributed by atoms with E-state index in [9.17, 15) is 0 Å². The molecule has 0 amide bonds. The summed E-state index contributed by atoms with van der Waals surface area (Å²) in [6, 6.07) is 8.71. The second-order valence-electron chi connectivity index (χ2n) is 1.85. The molecule has 0 saturated heterocycles. The third kappa shape index (κ3) is 19.3. The first-order valence-electron chi connectivity index (χ1n) is 2.92. The third-order valence-electron chi connectivity index (χ3n) is 0.756. The van der Waals surface area contributed by atoms with Crippen molar-refractivity contribution in [2.45, 2.75) is 0 Å². The van der Waals surface area contributed by atoms with Gasteiger partial charge in [-0.3, -0.25) is 0 Å². The van der Waals surface area contributed by atoms with Gasteiger partial charge >= 0.3 is 59.2 Å². The van der Waals surface area contributed by atoms with E-state index in [0.717, 1.165) is 0 Å². The van der Waals surface area contributed by atoms with Crippen LogP contribution in [0.15, 0.2) is 30.3 Å². The molecule has 5 nitrogen and oxygen atoms in total. The van der Waals surface area contributed by atoms with Gasteiger partial charge in [0.1, 0.15) is 5.75 Å². The molecule has 1 aromatic carbocycles. The molecular formula is C6H10KO5P. The number of hydrogen-bond acceptors (Lipinski definition) is 2. The van der Waals surface area contributed by atoms with Gasteiger partial charge in [-0.2, -0.15) is 0 Å². The fourth-order valence-corrected chi connectivity index (χ4v) is 0.428. The SMILES string of the molecule is O=P(O)(O)O.Oc1ccccc1.[H-].[K+]. The number of para-hydroxylation sites is 1. The van der Waals surface area contributed by atoms with Crippen LogP contribution < -0.4 is 51.4 Å². The van der Waals surface area contributed by atoms with Crippen molar-refractivity contribution in [2.75, 3.05) is 0 Å². The van der Waals surface area contributed by atoms with Crippen LogP contribution in [-0.4, -0.2) is 19.8 Å². The van der Waals surface area contributed by atoms with Gasteiger partial charge in [0.25, 0.3) is 0 Å². The van der Waals surface area contributed by atoms with Gasteiger partial charge in [-0.15, -0.1) is 0 Å². The van der Waals surface area contributed by atoms with E-state index in [1.807, 2.05) is 6.07 Å². The molecule has 1 aromatic rings. The first kappa shape index (κ1) is 16.2. The zero-order valence-electron chi connectivity index (χ0n) is 8.03. The molecule has 0 aliphatic carbocycles. The van der Waals surface area contributed by atoms with Crippen LogP contribution in [0.2, 0.25) is 0 Å². The van der Waals surface area contributed by atoms with Crippen LogP contribution in [0.1, 0.15) is 1.43 Å². The van der Waals surface area contributed by atoms with Crippen molar-refractivity contribution in [3.05, 3.63) is 30.3 Å². The summed E-state index contributed by atoms with van der Waals surface area (Å²) in [5, 5.41) is 8.63. The quantitative estimate of drug-likeness (QED) is 0.295. The Morgan fingerprint density at radius 3 is 1.54 bits per heavy atom. The molecule has 70 valence electrons. The Hall–Kier alpha value is 0.766. The number of phenolic OH excluding ortho intramolecular Hbond substituents is 1. The van der Waals surface area contributed by atoms with Crippen LogP contribution in [0.4, 0.5) is 0 Å². The molecule has 13 heavy (non-hydrogen) atoms. The van der Waals surface area contributed by atoms with E-state index >= 15 is 0 Å². The Morgan fingerprint density at radius 1 is 1.08 bits per heavy atom. The van der Waals surface area contributed by atoms with Gasteiger partial charge in [0, 0.05) is 0 Å². The van der Waals surface area contributed by atoms with Gasteiger partial charge in [-0.25, -0.2) is 4.57 Å². The number of hydrogen-bond donors (Lipinski definition) is 4. The number of rotatable bonds is 0. The maximum atomic E-state index is 8.88. The van der Waals surface area contributed by atoms with Crippen molar-refractivity contribution < 1.29 is 77.2 Å². The largest absolute Gasteiger partial charge is 1.00 e. The molecule has 0 heterocycles. The third-order valence-corrected chi connectivity index (χ3v) is 0.756. The van der Waals surface area contributed by atoms with Crippen LogP contribution in [0.25, 0.3) is 0 Å². The van der Waals surface area contributed by atoms with Crippen molar-refractivity contribution in [1.82, 2.24) is 0 Å². The minimum atomic E-state index is -4.64. The Bertz CT molecular complexity index is 256. The first-order valence-corrected chi connectivity index (χ1v) is 4.48. The van der Waals surface area contributed by atoms with Crippen molar-refractivity contribution in [3.63, 3.8) is 0 Å². The molecule has 0 aliphatic rings. The predicted octanol–water partition coefficient (Wildman–Crippen LogP) is -2.42. The van der Waals surface area contributed by atoms with Crippen molar-refractivity contribution >= 4 is 7.82 Å². The van der Waals surface area contributed by atoms with Crippen molar-refractivity contribution in [1.29, 1.82) is 0 Å². The summed E-state index contributed by atoms with van der Waals surface area (Å²) in [6.45, 7) is 0. The normalized spacial score (nSPS) is 9.15. The van der Waals surface area contributed by atoms with Gasteiger partial charge in [0.15, 0.2) is 0 Å². The van der Waals surface area contributed by atoms with Crippen LogP contribution in [0.5, 0.6) is 5.75 Å². The molecule has 0 atom stereocenters. The molecule has 4 N–H and O–H groups in total. The molecule has 0 spiro atoms. The molecule has 0 bridgehead atoms. The maximum absolute atomic E-state index is 8.88. The van der Waals surface area contributed by atoms with Crippen LogP contribution in [0.3, 0.4) is 0 Å². The topological polar surface area (TPSA) is 98.0 Å². The second kappa shape index (κ2) is 8.11. The summed E-state index contributed by atoms with van der Waals surface area (Å²) < 4.78 is 8.88. The van der Waals surface area contributed by atoms with Gasteiger partial charge in [0.2, 0.25) is 0 Å². The summed E-state index contributed by atoms with van der Waals surface area (Å²) in [6.07, 6.45) is 0. The number of phenols is 1. The second-order valence-corrected chi connectivity index (χ2v) is 2.88. The standard InChI is InChI=1S/C6H6O.K.H3O4P.H/c7-6-4-2-1-3-5-6;;1-5(2,3)4;/h1-5,7H;;(H3,1,2,3,4);/q;+1;;-1. The summed E-state index contributed by atoms with van der Waals surface area (Å²) in [5.74, 6) is 0.322. The van der Waals surface area contributed by atoms with Crippen molar-refractivity contribution in [2.24, 2.45) is 0 Å². The zero-order valence-corrected chi connectivity index (χ0v) is 11.0. The van der Waals surface area contributed by atoms with Crippen LogP contribution in [-0.2, 0) is 4.57 Å². The summed E-state index contributed by atoms with van der Waals surface area (Å²) in [5.41, 5.74) is 0. The fraction of sp³-hybridized carbons (Fsp3) is 0. The fourth-order valence-electron chi connectivity index (χ4n) is 0.428. The first-order chi connectivity index (χ1) is 5.39. The average Bonchev–Trinajstić information content (AvgIpc) is 1.85. The monoisotopic (exact) mass is 232 g/mol. The van der Waals surface area contributed by atoms with Gasteiger partial charge < -0.3 is 21.2 Å². The molecule has 0 aromatic heterocycles. The van der Waals surface area contributed by atoms with E-state index in [2.05, 4.69) is 0 Å². The summed E-state index contributed by atoms with van der Waals surface area (Å²) in [4.78, 5) is 21.6. The van der Waals surface area contributed by atoms with E-state index in [0.29, 0.717) is 5.75 Å². The molecule has 0 fully saturated rings. The zero-order chi connectivity index (χ0) is 9.61. The van der Waals surface area contributed by atoms with Gasteiger partial charge in [-0.1, -0.05) is 18.2 Å². The smallest absolute Gasteiger partial charge is 1.00 e. The van der Waals surface area contributed by atoms with E-state index in [4.69, 9.17) is 24.4 Å². The Morgan fingerprint density at radius 2 is 1.38 bits per heavy atom.